The summed E-state index contributed by atoms with van der Waals surface area (Å²) in [6.45, 7) is 2.11. The maximum absolute atomic E-state index is 12.5. The Balaban J connectivity index is 1.96. The molecule has 23 heavy (non-hydrogen) atoms. The van der Waals surface area contributed by atoms with Gasteiger partial charge in [0.2, 0.25) is 0 Å². The summed E-state index contributed by atoms with van der Waals surface area (Å²) in [5.41, 5.74) is 1.53. The first kappa shape index (κ1) is 15.4. The molecule has 0 fully saturated rings. The summed E-state index contributed by atoms with van der Waals surface area (Å²) in [6.07, 6.45) is 0.673. The van der Waals surface area contributed by atoms with E-state index in [2.05, 4.69) is 4.72 Å². The van der Waals surface area contributed by atoms with Crippen molar-refractivity contribution >= 4 is 21.7 Å². The summed E-state index contributed by atoms with van der Waals surface area (Å²) in [7, 11) is -3.80. The van der Waals surface area contributed by atoms with Gasteiger partial charge in [-0.15, -0.1) is 0 Å². The molecule has 1 aliphatic heterocycles. The zero-order valence-electron chi connectivity index (χ0n) is 12.4. The minimum atomic E-state index is -3.80. The Kier molecular flexibility index (Phi) is 3.73. The molecular formula is C16H15NO5S. The van der Waals surface area contributed by atoms with Gasteiger partial charge in [0.1, 0.15) is 5.75 Å². The summed E-state index contributed by atoms with van der Waals surface area (Å²) < 4.78 is 32.9. The average molecular weight is 333 g/mol. The van der Waals surface area contributed by atoms with Gasteiger partial charge in [0, 0.05) is 6.42 Å². The van der Waals surface area contributed by atoms with Gasteiger partial charge in [0.25, 0.3) is 10.0 Å². The Morgan fingerprint density at radius 1 is 1.26 bits per heavy atom. The number of anilines is 1. The van der Waals surface area contributed by atoms with E-state index in [9.17, 15) is 13.2 Å². The van der Waals surface area contributed by atoms with Gasteiger partial charge >= 0.3 is 5.97 Å². The molecule has 2 N–H and O–H groups in total. The Morgan fingerprint density at radius 2 is 2.04 bits per heavy atom. The van der Waals surface area contributed by atoms with Crippen LogP contribution in [0.15, 0.2) is 41.3 Å². The third-order valence-electron chi connectivity index (χ3n) is 3.78. The van der Waals surface area contributed by atoms with Crippen molar-refractivity contribution in [3.8, 4) is 5.75 Å². The fourth-order valence-electron chi connectivity index (χ4n) is 2.51. The lowest BCUT2D eigenvalue weighted by molar-refractivity contribution is 0.0696. The Bertz CT molecular complexity index is 889. The van der Waals surface area contributed by atoms with Crippen molar-refractivity contribution in [1.29, 1.82) is 0 Å². The number of hydrogen-bond donors (Lipinski definition) is 2. The molecule has 0 bridgehead atoms. The van der Waals surface area contributed by atoms with E-state index >= 15 is 0 Å². The van der Waals surface area contributed by atoms with E-state index in [1.54, 1.807) is 19.1 Å². The van der Waals surface area contributed by atoms with Gasteiger partial charge < -0.3 is 9.84 Å². The van der Waals surface area contributed by atoms with E-state index in [-0.39, 0.29) is 16.1 Å². The van der Waals surface area contributed by atoms with Gasteiger partial charge in [-0.3, -0.25) is 4.72 Å². The van der Waals surface area contributed by atoms with Crippen molar-refractivity contribution in [2.24, 2.45) is 0 Å². The highest BCUT2D eigenvalue weighted by atomic mass is 32.2. The molecule has 0 saturated heterocycles. The standard InChI is InChI=1S/C16H15NO5S/c1-10-13(16(18)19)3-2-4-14(10)17-23(20,21)12-5-6-15-11(9-12)7-8-22-15/h2-6,9,17H,7-8H2,1H3,(H,18,19). The number of hydrogen-bond acceptors (Lipinski definition) is 4. The van der Waals surface area contributed by atoms with Crippen LogP contribution < -0.4 is 9.46 Å². The van der Waals surface area contributed by atoms with Gasteiger partial charge in [-0.05, 0) is 48.4 Å². The van der Waals surface area contributed by atoms with Gasteiger partial charge in [0.15, 0.2) is 0 Å². The lowest BCUT2D eigenvalue weighted by atomic mass is 10.1. The highest BCUT2D eigenvalue weighted by Gasteiger charge is 2.21. The number of carboxylic acid groups (broad SMARTS) is 1. The molecule has 3 rings (SSSR count). The molecular weight excluding hydrogens is 318 g/mol. The first-order valence-corrected chi connectivity index (χ1v) is 8.48. The van der Waals surface area contributed by atoms with Crippen LogP contribution in [0.5, 0.6) is 5.75 Å². The second kappa shape index (κ2) is 5.58. The summed E-state index contributed by atoms with van der Waals surface area (Å²) in [4.78, 5) is 11.3. The van der Waals surface area contributed by atoms with Crippen molar-refractivity contribution in [3.63, 3.8) is 0 Å². The van der Waals surface area contributed by atoms with Crippen molar-refractivity contribution in [2.75, 3.05) is 11.3 Å². The molecule has 0 unspecified atom stereocenters. The van der Waals surface area contributed by atoms with Crippen LogP contribution in [0.2, 0.25) is 0 Å². The highest BCUT2D eigenvalue weighted by Crippen LogP contribution is 2.29. The first-order valence-electron chi connectivity index (χ1n) is 7.00. The van der Waals surface area contributed by atoms with E-state index in [0.717, 1.165) is 5.56 Å². The van der Waals surface area contributed by atoms with Crippen LogP contribution in [0.1, 0.15) is 21.5 Å². The minimum absolute atomic E-state index is 0.0625. The number of ether oxygens (including phenoxy) is 1. The van der Waals surface area contributed by atoms with Crippen LogP contribution in [-0.2, 0) is 16.4 Å². The van der Waals surface area contributed by atoms with Crippen LogP contribution in [0.25, 0.3) is 0 Å². The summed E-state index contributed by atoms with van der Waals surface area (Å²) in [5.74, 6) is -0.397. The smallest absolute Gasteiger partial charge is 0.336 e. The average Bonchev–Trinajstić information content (AvgIpc) is 2.96. The zero-order chi connectivity index (χ0) is 16.6. The first-order chi connectivity index (χ1) is 10.9. The maximum Gasteiger partial charge on any atom is 0.336 e. The predicted octanol–water partition coefficient (Wildman–Crippen LogP) is 2.43. The quantitative estimate of drug-likeness (QED) is 0.896. The van der Waals surface area contributed by atoms with Crippen LogP contribution >= 0.6 is 0 Å². The molecule has 1 heterocycles. The summed E-state index contributed by atoms with van der Waals surface area (Å²) in [5, 5.41) is 9.12. The monoisotopic (exact) mass is 333 g/mol. The second-order valence-electron chi connectivity index (χ2n) is 5.26. The second-order valence-corrected chi connectivity index (χ2v) is 6.94. The largest absolute Gasteiger partial charge is 0.493 e. The van der Waals surface area contributed by atoms with Crippen LogP contribution in [0.4, 0.5) is 5.69 Å². The molecule has 120 valence electrons. The predicted molar refractivity (Wildman–Crippen MR) is 84.6 cm³/mol. The number of carboxylic acids is 1. The fourth-order valence-corrected chi connectivity index (χ4v) is 3.68. The van der Waals surface area contributed by atoms with Gasteiger partial charge in [-0.1, -0.05) is 6.07 Å². The van der Waals surface area contributed by atoms with Crippen LogP contribution in [0.3, 0.4) is 0 Å². The van der Waals surface area contributed by atoms with E-state index in [1.165, 1.54) is 24.3 Å². The van der Waals surface area contributed by atoms with Crippen molar-refractivity contribution < 1.29 is 23.1 Å². The molecule has 0 aliphatic carbocycles. The molecule has 2 aromatic rings. The molecule has 1 aliphatic rings. The molecule has 0 atom stereocenters. The topological polar surface area (TPSA) is 92.7 Å². The Labute approximate surface area is 133 Å². The maximum atomic E-state index is 12.5. The molecule has 0 aromatic heterocycles. The van der Waals surface area contributed by atoms with Gasteiger partial charge in [0.05, 0.1) is 22.8 Å². The fraction of sp³-hybridized carbons (Fsp3) is 0.188. The number of nitrogens with one attached hydrogen (secondary N) is 1. The summed E-state index contributed by atoms with van der Waals surface area (Å²) in [6, 6.07) is 9.17. The molecule has 7 heteroatoms. The lowest BCUT2D eigenvalue weighted by Crippen LogP contribution is -2.15. The molecule has 0 radical (unpaired) electrons. The van der Waals surface area contributed by atoms with Crippen LogP contribution in [-0.4, -0.2) is 26.1 Å². The number of rotatable bonds is 4. The molecule has 0 saturated carbocycles. The number of carbonyl (C=O) groups is 1. The summed E-state index contributed by atoms with van der Waals surface area (Å²) >= 11 is 0. The normalized spacial score (nSPS) is 13.3. The zero-order valence-corrected chi connectivity index (χ0v) is 13.2. The Morgan fingerprint density at radius 3 is 2.78 bits per heavy atom. The number of aromatic carboxylic acids is 1. The molecule has 6 nitrogen and oxygen atoms in total. The van der Waals surface area contributed by atoms with Crippen molar-refractivity contribution in [3.05, 3.63) is 53.1 Å². The number of fused-ring (bicyclic) bond motifs is 1. The minimum Gasteiger partial charge on any atom is -0.493 e. The Hall–Kier alpha value is -2.54. The SMILES string of the molecule is Cc1c(NS(=O)(=O)c2ccc3c(c2)CCO3)cccc1C(=O)O. The molecule has 2 aromatic carbocycles. The van der Waals surface area contributed by atoms with E-state index in [4.69, 9.17) is 9.84 Å². The van der Waals surface area contributed by atoms with E-state index in [0.29, 0.717) is 24.3 Å². The number of sulfonamides is 1. The van der Waals surface area contributed by atoms with Crippen molar-refractivity contribution in [1.82, 2.24) is 0 Å². The van der Waals surface area contributed by atoms with Gasteiger partial charge in [-0.25, -0.2) is 13.2 Å². The third kappa shape index (κ3) is 2.87. The van der Waals surface area contributed by atoms with Crippen molar-refractivity contribution in [2.45, 2.75) is 18.2 Å². The third-order valence-corrected chi connectivity index (χ3v) is 5.14. The number of benzene rings is 2. The molecule has 0 spiro atoms. The molecule has 0 amide bonds. The van der Waals surface area contributed by atoms with Gasteiger partial charge in [-0.2, -0.15) is 0 Å². The van der Waals surface area contributed by atoms with Crippen LogP contribution in [0, 0.1) is 6.92 Å². The van der Waals surface area contributed by atoms with E-state index in [1.807, 2.05) is 0 Å². The van der Waals surface area contributed by atoms with E-state index < -0.39 is 16.0 Å². The lowest BCUT2D eigenvalue weighted by Gasteiger charge is -2.12. The highest BCUT2D eigenvalue weighted by molar-refractivity contribution is 7.92.